The van der Waals surface area contributed by atoms with Gasteiger partial charge in [-0.3, -0.25) is 0 Å². The highest BCUT2D eigenvalue weighted by Gasteiger charge is 2.20. The molecule has 0 saturated heterocycles. The molecule has 1 saturated carbocycles. The van der Waals surface area contributed by atoms with Crippen LogP contribution in [0, 0.1) is 0 Å². The number of hydrogen-bond donors (Lipinski definition) is 1. The molecule has 0 aliphatic heterocycles. The predicted molar refractivity (Wildman–Crippen MR) is 83.4 cm³/mol. The van der Waals surface area contributed by atoms with Crippen LogP contribution >= 0.6 is 0 Å². The van der Waals surface area contributed by atoms with E-state index in [-0.39, 0.29) is 0 Å². The number of rotatable bonds is 3. The average Bonchev–Trinajstić information content (AvgIpc) is 2.85. The first kappa shape index (κ1) is 12.5. The van der Waals surface area contributed by atoms with Crippen molar-refractivity contribution in [2.75, 3.05) is 0 Å². The second kappa shape index (κ2) is 5.64. The number of benzene rings is 1. The maximum Gasteiger partial charge on any atom is 0.0462 e. The highest BCUT2D eigenvalue weighted by molar-refractivity contribution is 5.90. The third-order valence-corrected chi connectivity index (χ3v) is 4.31. The zero-order valence-corrected chi connectivity index (χ0v) is 11.8. The predicted octanol–water partition coefficient (Wildman–Crippen LogP) is 5.64. The topological polar surface area (TPSA) is 15.8 Å². The van der Waals surface area contributed by atoms with Crippen LogP contribution in [0.4, 0.5) is 0 Å². The summed E-state index contributed by atoms with van der Waals surface area (Å²) in [6, 6.07) is 8.71. The lowest BCUT2D eigenvalue weighted by Gasteiger charge is -2.21. The van der Waals surface area contributed by atoms with Crippen LogP contribution in [0.2, 0.25) is 0 Å². The van der Waals surface area contributed by atoms with Crippen LogP contribution < -0.4 is 0 Å². The molecule has 0 amide bonds. The van der Waals surface area contributed by atoms with Gasteiger partial charge in [0.25, 0.3) is 0 Å². The van der Waals surface area contributed by atoms with E-state index in [0.717, 1.165) is 12.3 Å². The Kier molecular flexibility index (Phi) is 3.72. The number of fused-ring (bicyclic) bond motifs is 1. The molecule has 0 unspecified atom stereocenters. The van der Waals surface area contributed by atoms with Crippen LogP contribution in [0.5, 0.6) is 0 Å². The molecule has 2 aromatic rings. The Morgan fingerprint density at radius 2 is 1.95 bits per heavy atom. The molecular weight excluding hydrogens is 230 g/mol. The molecule has 100 valence electrons. The minimum atomic E-state index is 0.734. The normalized spacial score (nSPS) is 17.5. The number of nitrogens with one attached hydrogen (secondary N) is 1. The molecule has 0 bridgehead atoms. The van der Waals surface area contributed by atoms with Crippen LogP contribution in [0.3, 0.4) is 0 Å². The fourth-order valence-electron chi connectivity index (χ4n) is 3.31. The van der Waals surface area contributed by atoms with Gasteiger partial charge in [-0.05, 0) is 31.2 Å². The van der Waals surface area contributed by atoms with E-state index in [2.05, 4.69) is 48.3 Å². The first-order chi connectivity index (χ1) is 9.40. The summed E-state index contributed by atoms with van der Waals surface area (Å²) in [6.07, 6.45) is 12.6. The van der Waals surface area contributed by atoms with Gasteiger partial charge in [0.1, 0.15) is 0 Å². The second-order valence-corrected chi connectivity index (χ2v) is 5.64. The van der Waals surface area contributed by atoms with Crippen LogP contribution in [0.1, 0.15) is 62.6 Å². The Labute approximate surface area is 115 Å². The molecule has 19 heavy (non-hydrogen) atoms. The Morgan fingerprint density at radius 3 is 2.74 bits per heavy atom. The summed E-state index contributed by atoms with van der Waals surface area (Å²) in [6.45, 7) is 2.20. The van der Waals surface area contributed by atoms with Crippen LogP contribution in [-0.4, -0.2) is 4.98 Å². The smallest absolute Gasteiger partial charge is 0.0462 e. The lowest BCUT2D eigenvalue weighted by molar-refractivity contribution is 0.438. The van der Waals surface area contributed by atoms with Crippen LogP contribution in [0.25, 0.3) is 17.0 Å². The highest BCUT2D eigenvalue weighted by Crippen LogP contribution is 2.37. The summed E-state index contributed by atoms with van der Waals surface area (Å²) in [5.74, 6) is 0.734. The van der Waals surface area contributed by atoms with E-state index in [1.54, 1.807) is 0 Å². The van der Waals surface area contributed by atoms with Gasteiger partial charge in [-0.2, -0.15) is 0 Å². The maximum absolute atomic E-state index is 3.69. The third kappa shape index (κ3) is 2.47. The fourth-order valence-corrected chi connectivity index (χ4v) is 3.31. The Bertz CT molecular complexity index is 570. The molecule has 0 spiro atoms. The van der Waals surface area contributed by atoms with Gasteiger partial charge in [-0.25, -0.2) is 0 Å². The monoisotopic (exact) mass is 253 g/mol. The molecule has 0 radical (unpaired) electrons. The first-order valence-corrected chi connectivity index (χ1v) is 7.67. The van der Waals surface area contributed by atoms with Gasteiger partial charge in [0.05, 0.1) is 0 Å². The fraction of sp³-hybridized carbons (Fsp3) is 0.444. The summed E-state index contributed by atoms with van der Waals surface area (Å²) >= 11 is 0. The molecule has 1 N–H and O–H groups in total. The summed E-state index contributed by atoms with van der Waals surface area (Å²) < 4.78 is 0. The Balaban J connectivity index is 2.08. The van der Waals surface area contributed by atoms with Crippen molar-refractivity contribution in [3.63, 3.8) is 0 Å². The van der Waals surface area contributed by atoms with Gasteiger partial charge in [0.15, 0.2) is 0 Å². The highest BCUT2D eigenvalue weighted by atomic mass is 14.7. The van der Waals surface area contributed by atoms with Crippen molar-refractivity contribution < 1.29 is 0 Å². The Hall–Kier alpha value is -1.50. The molecule has 3 rings (SSSR count). The average molecular weight is 253 g/mol. The molecule has 1 aromatic heterocycles. The maximum atomic E-state index is 3.69. The number of allylic oxidation sites excluding steroid dienone is 1. The quantitative estimate of drug-likeness (QED) is 0.728. The van der Waals surface area contributed by atoms with Gasteiger partial charge in [0.2, 0.25) is 0 Å². The molecular formula is C18H23N. The van der Waals surface area contributed by atoms with Gasteiger partial charge in [0, 0.05) is 22.2 Å². The molecule has 1 heterocycles. The zero-order chi connectivity index (χ0) is 13.1. The van der Waals surface area contributed by atoms with E-state index in [0.29, 0.717) is 0 Å². The second-order valence-electron chi connectivity index (χ2n) is 5.64. The number of hydrogen-bond acceptors (Lipinski definition) is 0. The number of para-hydroxylation sites is 1. The van der Waals surface area contributed by atoms with Gasteiger partial charge >= 0.3 is 0 Å². The van der Waals surface area contributed by atoms with Crippen molar-refractivity contribution in [1.29, 1.82) is 0 Å². The standard InChI is InChI=1S/C18H23N/c1-2-3-11-16-15-12-7-8-13-17(15)19-18(16)14-9-5-4-6-10-14/h3,7-8,11-14,19H,2,4-6,9-10H2,1H3/b11-3+. The van der Waals surface area contributed by atoms with E-state index in [4.69, 9.17) is 0 Å². The summed E-state index contributed by atoms with van der Waals surface area (Å²) in [4.78, 5) is 3.69. The zero-order valence-electron chi connectivity index (χ0n) is 11.8. The SMILES string of the molecule is CC/C=C/c1c(C2CCCCC2)[nH]c2ccccc12. The lowest BCUT2D eigenvalue weighted by Crippen LogP contribution is -2.06. The van der Waals surface area contributed by atoms with E-state index in [9.17, 15) is 0 Å². The molecule has 1 heteroatoms. The largest absolute Gasteiger partial charge is 0.358 e. The van der Waals surface area contributed by atoms with Crippen molar-refractivity contribution >= 4 is 17.0 Å². The van der Waals surface area contributed by atoms with E-state index in [1.807, 2.05) is 0 Å². The minimum absolute atomic E-state index is 0.734. The first-order valence-electron chi connectivity index (χ1n) is 7.67. The molecule has 1 nitrogen and oxygen atoms in total. The van der Waals surface area contributed by atoms with Crippen LogP contribution in [0.15, 0.2) is 30.3 Å². The summed E-state index contributed by atoms with van der Waals surface area (Å²) in [5, 5.41) is 1.38. The molecule has 0 atom stereocenters. The molecule has 1 aromatic carbocycles. The molecule has 1 aliphatic carbocycles. The number of aromatic amines is 1. The van der Waals surface area contributed by atoms with Crippen molar-refractivity contribution in [1.82, 2.24) is 4.98 Å². The molecule has 1 aliphatic rings. The number of aromatic nitrogens is 1. The van der Waals surface area contributed by atoms with Crippen molar-refractivity contribution in [2.45, 2.75) is 51.4 Å². The minimum Gasteiger partial charge on any atom is -0.358 e. The summed E-state index contributed by atoms with van der Waals surface area (Å²) in [5.41, 5.74) is 4.20. The van der Waals surface area contributed by atoms with Crippen molar-refractivity contribution in [3.05, 3.63) is 41.6 Å². The summed E-state index contributed by atoms with van der Waals surface area (Å²) in [7, 11) is 0. The van der Waals surface area contributed by atoms with Crippen molar-refractivity contribution in [3.8, 4) is 0 Å². The van der Waals surface area contributed by atoms with E-state index < -0.39 is 0 Å². The van der Waals surface area contributed by atoms with E-state index in [1.165, 1.54) is 54.3 Å². The van der Waals surface area contributed by atoms with Crippen LogP contribution in [-0.2, 0) is 0 Å². The third-order valence-electron chi connectivity index (χ3n) is 4.31. The van der Waals surface area contributed by atoms with Gasteiger partial charge in [-0.15, -0.1) is 0 Å². The number of H-pyrrole nitrogens is 1. The Morgan fingerprint density at radius 1 is 1.16 bits per heavy atom. The van der Waals surface area contributed by atoms with Gasteiger partial charge in [-0.1, -0.05) is 56.5 Å². The van der Waals surface area contributed by atoms with Gasteiger partial charge < -0.3 is 4.98 Å². The molecule has 1 fully saturated rings. The lowest BCUT2D eigenvalue weighted by atomic mass is 9.85. The van der Waals surface area contributed by atoms with Crippen molar-refractivity contribution in [2.24, 2.45) is 0 Å². The van der Waals surface area contributed by atoms with E-state index >= 15 is 0 Å².